The molecule has 4 rings (SSSR count). The van der Waals surface area contributed by atoms with E-state index < -0.39 is 0 Å². The first kappa shape index (κ1) is 19.0. The van der Waals surface area contributed by atoms with E-state index in [4.69, 9.17) is 0 Å². The van der Waals surface area contributed by atoms with E-state index >= 15 is 0 Å². The zero-order valence-corrected chi connectivity index (χ0v) is 17.3. The second kappa shape index (κ2) is 7.98. The van der Waals surface area contributed by atoms with E-state index in [1.54, 1.807) is 0 Å². The van der Waals surface area contributed by atoms with Gasteiger partial charge in [0.1, 0.15) is 0 Å². The molecule has 2 saturated carbocycles. The van der Waals surface area contributed by atoms with Crippen LogP contribution in [0.15, 0.2) is 4.99 Å². The monoisotopic (exact) mass is 375 g/mol. The van der Waals surface area contributed by atoms with Gasteiger partial charge in [-0.1, -0.05) is 6.42 Å². The van der Waals surface area contributed by atoms with E-state index in [-0.39, 0.29) is 6.04 Å². The second-order valence-corrected chi connectivity index (χ2v) is 9.12. The van der Waals surface area contributed by atoms with Crippen LogP contribution < -0.4 is 5.32 Å². The highest BCUT2D eigenvalue weighted by Gasteiger charge is 2.49. The molecule has 1 N–H and O–H groups in total. The van der Waals surface area contributed by atoms with Gasteiger partial charge in [0.05, 0.1) is 6.04 Å². The molecular weight excluding hydrogens is 338 g/mol. The van der Waals surface area contributed by atoms with Crippen molar-refractivity contribution in [2.75, 3.05) is 52.9 Å². The van der Waals surface area contributed by atoms with Gasteiger partial charge in [-0.2, -0.15) is 0 Å². The van der Waals surface area contributed by atoms with Crippen molar-refractivity contribution in [2.45, 2.75) is 57.9 Å². The minimum Gasteiger partial charge on any atom is -0.356 e. The lowest BCUT2D eigenvalue weighted by molar-refractivity contribution is -0.135. The molecule has 2 heterocycles. The molecule has 1 atom stereocenters. The molecule has 6 heteroatoms. The van der Waals surface area contributed by atoms with Crippen molar-refractivity contribution < 1.29 is 4.79 Å². The Kier molecular flexibility index (Phi) is 5.62. The molecule has 0 aromatic carbocycles. The van der Waals surface area contributed by atoms with Crippen LogP contribution >= 0.6 is 0 Å². The van der Waals surface area contributed by atoms with E-state index in [0.717, 1.165) is 70.5 Å². The standard InChI is InChI=1S/C21H37N5O/c1-17(19(27)25-10-3-4-11-25)24-12-14-26(15-13-24)20(22-2)23-16-21(8-5-9-21)18-6-7-18/h17-18H,3-16H2,1-2H3,(H,22,23). The molecule has 6 nitrogen and oxygen atoms in total. The van der Waals surface area contributed by atoms with Crippen molar-refractivity contribution in [1.82, 2.24) is 20.0 Å². The van der Waals surface area contributed by atoms with Crippen LogP contribution in [0, 0.1) is 11.3 Å². The highest BCUT2D eigenvalue weighted by atomic mass is 16.2. The Labute approximate surface area is 164 Å². The fourth-order valence-electron chi connectivity index (χ4n) is 5.32. The lowest BCUT2D eigenvalue weighted by Gasteiger charge is -2.44. The summed E-state index contributed by atoms with van der Waals surface area (Å²) in [6.45, 7) is 8.85. The molecule has 2 aliphatic carbocycles. The molecule has 2 saturated heterocycles. The minimum absolute atomic E-state index is 0.00772. The average Bonchev–Trinajstić information content (AvgIpc) is 3.36. The van der Waals surface area contributed by atoms with Crippen LogP contribution in [0.5, 0.6) is 0 Å². The summed E-state index contributed by atoms with van der Waals surface area (Å²) in [7, 11) is 1.90. The van der Waals surface area contributed by atoms with Gasteiger partial charge in [0, 0.05) is 52.9 Å². The number of amides is 1. The number of carbonyl (C=O) groups is 1. The molecule has 152 valence electrons. The van der Waals surface area contributed by atoms with Crippen molar-refractivity contribution in [1.29, 1.82) is 0 Å². The van der Waals surface area contributed by atoms with Gasteiger partial charge in [-0.25, -0.2) is 0 Å². The smallest absolute Gasteiger partial charge is 0.239 e. The predicted octanol–water partition coefficient (Wildman–Crippen LogP) is 1.77. The molecule has 0 bridgehead atoms. The largest absolute Gasteiger partial charge is 0.356 e. The summed E-state index contributed by atoms with van der Waals surface area (Å²) in [4.78, 5) is 24.0. The zero-order chi connectivity index (χ0) is 18.9. The summed E-state index contributed by atoms with van der Waals surface area (Å²) in [5.74, 6) is 2.34. The topological polar surface area (TPSA) is 51.2 Å². The number of aliphatic imine (C=N–C) groups is 1. The summed E-state index contributed by atoms with van der Waals surface area (Å²) < 4.78 is 0. The maximum atomic E-state index is 12.7. The van der Waals surface area contributed by atoms with Crippen molar-refractivity contribution in [3.05, 3.63) is 0 Å². The molecule has 4 aliphatic rings. The summed E-state index contributed by atoms with van der Waals surface area (Å²) in [6.07, 6.45) is 9.38. The van der Waals surface area contributed by atoms with Crippen LogP contribution in [-0.2, 0) is 4.79 Å². The number of likely N-dealkylation sites (tertiary alicyclic amines) is 1. The SMILES string of the molecule is CN=C(NCC1(C2CC2)CCC1)N1CCN(C(C)C(=O)N2CCCC2)CC1. The van der Waals surface area contributed by atoms with Gasteiger partial charge in [0.25, 0.3) is 0 Å². The molecule has 2 aliphatic heterocycles. The van der Waals surface area contributed by atoms with Crippen LogP contribution in [0.1, 0.15) is 51.9 Å². The summed E-state index contributed by atoms with van der Waals surface area (Å²) in [5.41, 5.74) is 0.564. The Morgan fingerprint density at radius 3 is 2.22 bits per heavy atom. The fourth-order valence-corrected chi connectivity index (χ4v) is 5.32. The third kappa shape index (κ3) is 3.96. The average molecular weight is 376 g/mol. The number of piperazine rings is 1. The third-order valence-corrected chi connectivity index (χ3v) is 7.54. The van der Waals surface area contributed by atoms with Crippen molar-refractivity contribution >= 4 is 11.9 Å². The second-order valence-electron chi connectivity index (χ2n) is 9.12. The third-order valence-electron chi connectivity index (χ3n) is 7.54. The lowest BCUT2D eigenvalue weighted by atomic mass is 9.65. The summed E-state index contributed by atoms with van der Waals surface area (Å²) in [6, 6.07) is 0.00772. The Hall–Kier alpha value is -1.30. The molecule has 0 aromatic rings. The van der Waals surface area contributed by atoms with Crippen molar-refractivity contribution in [3.8, 4) is 0 Å². The van der Waals surface area contributed by atoms with E-state index in [1.165, 1.54) is 32.1 Å². The summed E-state index contributed by atoms with van der Waals surface area (Å²) in [5, 5.41) is 3.70. The zero-order valence-electron chi connectivity index (χ0n) is 17.3. The number of carbonyl (C=O) groups excluding carboxylic acids is 1. The molecule has 1 unspecified atom stereocenters. The first-order chi connectivity index (χ1) is 13.1. The van der Waals surface area contributed by atoms with Crippen LogP contribution in [0.25, 0.3) is 0 Å². The summed E-state index contributed by atoms with van der Waals surface area (Å²) >= 11 is 0. The predicted molar refractivity (Wildman–Crippen MR) is 109 cm³/mol. The molecule has 0 spiro atoms. The first-order valence-corrected chi connectivity index (χ1v) is 11.1. The van der Waals surface area contributed by atoms with E-state index in [2.05, 4.69) is 27.0 Å². The maximum absolute atomic E-state index is 12.7. The van der Waals surface area contributed by atoms with Crippen LogP contribution in [0.4, 0.5) is 0 Å². The minimum atomic E-state index is 0.00772. The Balaban J connectivity index is 1.25. The highest BCUT2D eigenvalue weighted by molar-refractivity contribution is 5.82. The molecular formula is C21H37N5O. The van der Waals surface area contributed by atoms with Gasteiger partial charge >= 0.3 is 0 Å². The number of guanidine groups is 1. The van der Waals surface area contributed by atoms with E-state index in [1.807, 2.05) is 11.9 Å². The Morgan fingerprint density at radius 2 is 1.70 bits per heavy atom. The maximum Gasteiger partial charge on any atom is 0.239 e. The van der Waals surface area contributed by atoms with Gasteiger partial charge < -0.3 is 15.1 Å². The highest BCUT2D eigenvalue weighted by Crippen LogP contribution is 2.56. The fraction of sp³-hybridized carbons (Fsp3) is 0.905. The van der Waals surface area contributed by atoms with Gasteiger partial charge in [-0.15, -0.1) is 0 Å². The molecule has 1 amide bonds. The van der Waals surface area contributed by atoms with E-state index in [0.29, 0.717) is 11.3 Å². The van der Waals surface area contributed by atoms with Crippen LogP contribution in [-0.4, -0.2) is 85.5 Å². The van der Waals surface area contributed by atoms with Crippen LogP contribution in [0.3, 0.4) is 0 Å². The Bertz CT molecular complexity index is 555. The van der Waals surface area contributed by atoms with Crippen LogP contribution in [0.2, 0.25) is 0 Å². The first-order valence-electron chi connectivity index (χ1n) is 11.1. The quantitative estimate of drug-likeness (QED) is 0.588. The number of rotatable bonds is 5. The van der Waals surface area contributed by atoms with Crippen molar-refractivity contribution in [2.24, 2.45) is 16.3 Å². The molecule has 0 aromatic heterocycles. The molecule has 27 heavy (non-hydrogen) atoms. The van der Waals surface area contributed by atoms with Gasteiger partial charge in [0.15, 0.2) is 5.96 Å². The van der Waals surface area contributed by atoms with Gasteiger partial charge in [0.2, 0.25) is 5.91 Å². The van der Waals surface area contributed by atoms with Gasteiger partial charge in [-0.3, -0.25) is 14.7 Å². The van der Waals surface area contributed by atoms with E-state index in [9.17, 15) is 4.79 Å². The molecule has 0 radical (unpaired) electrons. The normalized spacial score (nSPS) is 27.4. The number of nitrogens with one attached hydrogen (secondary N) is 1. The lowest BCUT2D eigenvalue weighted by Crippen LogP contribution is -2.58. The number of nitrogens with zero attached hydrogens (tertiary/aromatic N) is 4. The molecule has 4 fully saturated rings. The number of hydrogen-bond donors (Lipinski definition) is 1. The number of hydrogen-bond acceptors (Lipinski definition) is 3. The van der Waals surface area contributed by atoms with Crippen molar-refractivity contribution in [3.63, 3.8) is 0 Å². The Morgan fingerprint density at radius 1 is 1.04 bits per heavy atom. The van der Waals surface area contributed by atoms with Gasteiger partial charge in [-0.05, 0) is 56.8 Å².